The van der Waals surface area contributed by atoms with Crippen LogP contribution in [-0.2, 0) is 0 Å². The fourth-order valence-electron chi connectivity index (χ4n) is 2.87. The van der Waals surface area contributed by atoms with Crippen molar-refractivity contribution in [2.45, 2.75) is 45.6 Å². The summed E-state index contributed by atoms with van der Waals surface area (Å²) >= 11 is 6.01. The lowest BCUT2D eigenvalue weighted by molar-refractivity contribution is 0.00760. The zero-order chi connectivity index (χ0) is 15.0. The van der Waals surface area contributed by atoms with Crippen LogP contribution < -0.4 is 0 Å². The van der Waals surface area contributed by atoms with Gasteiger partial charge >= 0.3 is 0 Å². The molecule has 108 valence electrons. The molecule has 0 bridgehead atoms. The van der Waals surface area contributed by atoms with Crippen LogP contribution in [0.15, 0.2) is 18.2 Å². The van der Waals surface area contributed by atoms with Gasteiger partial charge in [0.1, 0.15) is 11.9 Å². The Labute approximate surface area is 124 Å². The van der Waals surface area contributed by atoms with Crippen molar-refractivity contribution in [2.75, 3.05) is 0 Å². The molecule has 1 saturated carbocycles. The number of aliphatic hydroxyl groups excluding tert-OH is 1. The summed E-state index contributed by atoms with van der Waals surface area (Å²) in [5.41, 5.74) is -0.726. The molecule has 0 aromatic heterocycles. The first-order chi connectivity index (χ1) is 9.31. The van der Waals surface area contributed by atoms with Crippen molar-refractivity contribution in [3.05, 3.63) is 34.6 Å². The number of hydrogen-bond donors (Lipinski definition) is 1. The van der Waals surface area contributed by atoms with Gasteiger partial charge in [-0.2, -0.15) is 5.26 Å². The quantitative estimate of drug-likeness (QED) is 0.865. The standard InChI is InChI=1S/C16H19ClFNO/c1-15(2)6-8-16(10-19,9-7-15)14(20)13-11(17)4-3-5-12(13)18/h3-5,14,20H,6-9H2,1-2H3. The molecule has 1 aliphatic carbocycles. The number of rotatable bonds is 2. The van der Waals surface area contributed by atoms with Crippen LogP contribution in [0.4, 0.5) is 4.39 Å². The largest absolute Gasteiger partial charge is 0.387 e. The van der Waals surface area contributed by atoms with E-state index >= 15 is 0 Å². The molecule has 4 heteroatoms. The average molecular weight is 296 g/mol. The van der Waals surface area contributed by atoms with Gasteiger partial charge in [0, 0.05) is 10.6 Å². The number of halogens is 2. The van der Waals surface area contributed by atoms with Crippen LogP contribution in [0.25, 0.3) is 0 Å². The Balaban J connectivity index is 2.36. The van der Waals surface area contributed by atoms with Crippen molar-refractivity contribution in [1.82, 2.24) is 0 Å². The Morgan fingerprint density at radius 3 is 2.40 bits per heavy atom. The fraction of sp³-hybridized carbons (Fsp3) is 0.562. The van der Waals surface area contributed by atoms with Crippen molar-refractivity contribution >= 4 is 11.6 Å². The van der Waals surface area contributed by atoms with Gasteiger partial charge in [-0.05, 0) is 43.2 Å². The van der Waals surface area contributed by atoms with E-state index in [0.717, 1.165) is 12.8 Å². The first-order valence-electron chi connectivity index (χ1n) is 6.85. The molecule has 1 N–H and O–H groups in total. The molecule has 20 heavy (non-hydrogen) atoms. The zero-order valence-corrected chi connectivity index (χ0v) is 12.5. The Morgan fingerprint density at radius 1 is 1.30 bits per heavy atom. The highest BCUT2D eigenvalue weighted by molar-refractivity contribution is 6.31. The van der Waals surface area contributed by atoms with Crippen LogP contribution >= 0.6 is 11.6 Å². The van der Waals surface area contributed by atoms with E-state index in [4.69, 9.17) is 11.6 Å². The molecular formula is C16H19ClFNO. The third-order valence-corrected chi connectivity index (χ3v) is 4.84. The molecular weight excluding hydrogens is 277 g/mol. The summed E-state index contributed by atoms with van der Waals surface area (Å²) in [6.45, 7) is 4.30. The van der Waals surface area contributed by atoms with Gasteiger partial charge in [0.2, 0.25) is 0 Å². The summed E-state index contributed by atoms with van der Waals surface area (Å²) in [7, 11) is 0. The molecule has 0 saturated heterocycles. The van der Waals surface area contributed by atoms with E-state index < -0.39 is 17.3 Å². The first kappa shape index (κ1) is 15.3. The molecule has 1 atom stereocenters. The molecule has 0 aliphatic heterocycles. The maximum absolute atomic E-state index is 14.0. The van der Waals surface area contributed by atoms with Crippen molar-refractivity contribution in [2.24, 2.45) is 10.8 Å². The molecule has 0 amide bonds. The lowest BCUT2D eigenvalue weighted by Crippen LogP contribution is -2.35. The van der Waals surface area contributed by atoms with E-state index in [0.29, 0.717) is 12.8 Å². The fourth-order valence-corrected chi connectivity index (χ4v) is 3.13. The van der Waals surface area contributed by atoms with Gasteiger partial charge in [-0.1, -0.05) is 31.5 Å². The lowest BCUT2D eigenvalue weighted by atomic mass is 9.62. The van der Waals surface area contributed by atoms with Crippen molar-refractivity contribution in [1.29, 1.82) is 5.26 Å². The van der Waals surface area contributed by atoms with Gasteiger partial charge in [0.05, 0.1) is 11.5 Å². The minimum atomic E-state index is -1.18. The number of benzene rings is 1. The van der Waals surface area contributed by atoms with Crippen LogP contribution in [-0.4, -0.2) is 5.11 Å². The normalized spacial score (nSPS) is 22.0. The Bertz CT molecular complexity index is 520. The van der Waals surface area contributed by atoms with Crippen LogP contribution in [0.2, 0.25) is 5.02 Å². The van der Waals surface area contributed by atoms with E-state index in [2.05, 4.69) is 19.9 Å². The molecule has 1 unspecified atom stereocenters. The van der Waals surface area contributed by atoms with E-state index in [9.17, 15) is 14.8 Å². The number of nitriles is 1. The summed E-state index contributed by atoms with van der Waals surface area (Å²) in [6.07, 6.45) is 1.61. The molecule has 1 aliphatic rings. The van der Waals surface area contributed by atoms with Crippen LogP contribution in [0.3, 0.4) is 0 Å². The Kier molecular flexibility index (Phi) is 4.09. The van der Waals surface area contributed by atoms with Crippen molar-refractivity contribution < 1.29 is 9.50 Å². The van der Waals surface area contributed by atoms with Gasteiger partial charge in [-0.15, -0.1) is 0 Å². The molecule has 2 nitrogen and oxygen atoms in total. The molecule has 0 spiro atoms. The van der Waals surface area contributed by atoms with Crippen molar-refractivity contribution in [3.63, 3.8) is 0 Å². The van der Waals surface area contributed by atoms with Crippen LogP contribution in [0.1, 0.15) is 51.2 Å². The Morgan fingerprint density at radius 2 is 1.90 bits per heavy atom. The Hall–Kier alpha value is -1.11. The topological polar surface area (TPSA) is 44.0 Å². The SMILES string of the molecule is CC1(C)CCC(C#N)(C(O)c2c(F)cccc2Cl)CC1. The highest BCUT2D eigenvalue weighted by Crippen LogP contribution is 2.52. The third kappa shape index (κ3) is 2.68. The number of hydrogen-bond acceptors (Lipinski definition) is 2. The highest BCUT2D eigenvalue weighted by Gasteiger charge is 2.45. The first-order valence-corrected chi connectivity index (χ1v) is 7.22. The average Bonchev–Trinajstić information content (AvgIpc) is 2.39. The van der Waals surface area contributed by atoms with Crippen molar-refractivity contribution in [3.8, 4) is 6.07 Å². The lowest BCUT2D eigenvalue weighted by Gasteiger charge is -2.42. The van der Waals surface area contributed by atoms with Crippen LogP contribution in [0.5, 0.6) is 0 Å². The summed E-state index contributed by atoms with van der Waals surface area (Å²) in [6, 6.07) is 6.54. The second-order valence-corrected chi connectivity index (χ2v) is 6.88. The molecule has 0 heterocycles. The second kappa shape index (κ2) is 5.35. The summed E-state index contributed by atoms with van der Waals surface area (Å²) in [5, 5.41) is 20.3. The van der Waals surface area contributed by atoms with Crippen LogP contribution in [0, 0.1) is 28.0 Å². The third-order valence-electron chi connectivity index (χ3n) is 4.52. The molecule has 1 aromatic rings. The monoisotopic (exact) mass is 295 g/mol. The molecule has 1 aromatic carbocycles. The maximum atomic E-state index is 14.0. The molecule has 2 rings (SSSR count). The van der Waals surface area contributed by atoms with E-state index in [1.54, 1.807) is 6.07 Å². The second-order valence-electron chi connectivity index (χ2n) is 6.47. The smallest absolute Gasteiger partial charge is 0.130 e. The predicted molar refractivity (Wildman–Crippen MR) is 76.7 cm³/mol. The van der Waals surface area contributed by atoms with E-state index in [1.807, 2.05) is 0 Å². The van der Waals surface area contributed by atoms with Gasteiger partial charge in [-0.3, -0.25) is 0 Å². The minimum Gasteiger partial charge on any atom is -0.387 e. The number of aliphatic hydroxyl groups is 1. The minimum absolute atomic E-state index is 0.0513. The summed E-state index contributed by atoms with van der Waals surface area (Å²) < 4.78 is 14.0. The maximum Gasteiger partial charge on any atom is 0.130 e. The molecule has 0 radical (unpaired) electrons. The number of nitrogens with zero attached hydrogens (tertiary/aromatic N) is 1. The van der Waals surface area contributed by atoms with E-state index in [1.165, 1.54) is 12.1 Å². The molecule has 1 fully saturated rings. The van der Waals surface area contributed by atoms with Gasteiger partial charge in [0.15, 0.2) is 0 Å². The zero-order valence-electron chi connectivity index (χ0n) is 11.8. The van der Waals surface area contributed by atoms with Gasteiger partial charge in [0.25, 0.3) is 0 Å². The highest BCUT2D eigenvalue weighted by atomic mass is 35.5. The summed E-state index contributed by atoms with van der Waals surface area (Å²) in [5.74, 6) is -0.551. The van der Waals surface area contributed by atoms with Gasteiger partial charge in [-0.25, -0.2) is 4.39 Å². The summed E-state index contributed by atoms with van der Waals surface area (Å²) in [4.78, 5) is 0. The van der Waals surface area contributed by atoms with E-state index in [-0.39, 0.29) is 16.0 Å². The van der Waals surface area contributed by atoms with Gasteiger partial charge < -0.3 is 5.11 Å². The predicted octanol–water partition coefficient (Wildman–Crippen LogP) is 4.62.